The number of halogens is 1. The van der Waals surface area contributed by atoms with E-state index in [1.165, 1.54) is 30.4 Å². The summed E-state index contributed by atoms with van der Waals surface area (Å²) in [5, 5.41) is 0. The molecule has 80 valence electrons. The third-order valence-corrected chi connectivity index (χ3v) is 3.58. The van der Waals surface area contributed by atoms with Gasteiger partial charge in [0.1, 0.15) is 0 Å². The molecule has 0 aromatic heterocycles. The van der Waals surface area contributed by atoms with Gasteiger partial charge < -0.3 is 0 Å². The molecule has 1 heteroatoms. The smallest absolute Gasteiger partial charge is 0.0175 e. The molecule has 1 aromatic rings. The van der Waals surface area contributed by atoms with E-state index in [0.717, 1.165) is 4.47 Å². The van der Waals surface area contributed by atoms with Gasteiger partial charge in [0, 0.05) is 4.47 Å². The van der Waals surface area contributed by atoms with Crippen molar-refractivity contribution in [2.24, 2.45) is 5.41 Å². The average molecular weight is 265 g/mol. The molecule has 0 N–H and O–H groups in total. The third kappa shape index (κ3) is 2.72. The summed E-state index contributed by atoms with van der Waals surface area (Å²) in [6, 6.07) is 8.66. The Morgan fingerprint density at radius 1 is 1.13 bits per heavy atom. The van der Waals surface area contributed by atoms with Crippen LogP contribution in [-0.2, 0) is 0 Å². The zero-order chi connectivity index (χ0) is 10.9. The first-order valence-electron chi connectivity index (χ1n) is 5.54. The molecule has 0 atom stereocenters. The fourth-order valence-corrected chi connectivity index (χ4v) is 2.51. The van der Waals surface area contributed by atoms with Crippen LogP contribution in [0.4, 0.5) is 0 Å². The van der Waals surface area contributed by atoms with Gasteiger partial charge in [-0.15, -0.1) is 0 Å². The van der Waals surface area contributed by atoms with Gasteiger partial charge in [-0.05, 0) is 47.9 Å². The molecule has 0 radical (unpaired) electrons. The highest BCUT2D eigenvalue weighted by molar-refractivity contribution is 9.10. The Kier molecular flexibility index (Phi) is 3.01. The van der Waals surface area contributed by atoms with Crippen LogP contribution in [0.2, 0.25) is 0 Å². The van der Waals surface area contributed by atoms with Gasteiger partial charge in [0.2, 0.25) is 0 Å². The van der Waals surface area contributed by atoms with Gasteiger partial charge >= 0.3 is 0 Å². The molecule has 0 unspecified atom stereocenters. The highest BCUT2D eigenvalue weighted by Gasteiger charge is 2.20. The fourth-order valence-electron chi connectivity index (χ4n) is 2.24. The quantitative estimate of drug-likeness (QED) is 0.667. The highest BCUT2D eigenvalue weighted by atomic mass is 79.9. The minimum atomic E-state index is 0.376. The highest BCUT2D eigenvalue weighted by Crippen LogP contribution is 2.37. The summed E-state index contributed by atoms with van der Waals surface area (Å²) in [6.07, 6.45) is 6.30. The Hall–Kier alpha value is -0.560. The van der Waals surface area contributed by atoms with Crippen molar-refractivity contribution in [3.05, 3.63) is 40.4 Å². The Labute approximate surface area is 101 Å². The van der Waals surface area contributed by atoms with E-state index in [1.807, 2.05) is 0 Å². The molecule has 0 amide bonds. The maximum atomic E-state index is 3.47. The van der Waals surface area contributed by atoms with Crippen LogP contribution in [0.1, 0.15) is 38.7 Å². The molecule has 2 rings (SSSR count). The van der Waals surface area contributed by atoms with Crippen LogP contribution in [0.15, 0.2) is 34.8 Å². The zero-order valence-electron chi connectivity index (χ0n) is 9.39. The summed E-state index contributed by atoms with van der Waals surface area (Å²) in [6.45, 7) is 4.65. The molecular weight excluding hydrogens is 248 g/mol. The van der Waals surface area contributed by atoms with Crippen molar-refractivity contribution in [1.29, 1.82) is 0 Å². The molecule has 0 aliphatic heterocycles. The number of rotatable bonds is 1. The van der Waals surface area contributed by atoms with Crippen LogP contribution in [0.3, 0.4) is 0 Å². The van der Waals surface area contributed by atoms with E-state index in [2.05, 4.69) is 60.1 Å². The standard InChI is InChI=1S/C14H17Br/c1-14(2)9-3-4-12(10-14)11-5-7-13(15)8-6-11/h5-8,10H,3-4,9H2,1-2H3. The maximum Gasteiger partial charge on any atom is 0.0175 e. The summed E-state index contributed by atoms with van der Waals surface area (Å²) >= 11 is 3.47. The summed E-state index contributed by atoms with van der Waals surface area (Å²) < 4.78 is 1.15. The predicted octanol–water partition coefficient (Wildman–Crippen LogP) is 5.04. The van der Waals surface area contributed by atoms with Gasteiger partial charge in [-0.1, -0.05) is 48.0 Å². The molecule has 0 heterocycles. The number of hydrogen-bond donors (Lipinski definition) is 0. The second-order valence-corrected chi connectivity index (χ2v) is 5.93. The van der Waals surface area contributed by atoms with Crippen molar-refractivity contribution in [3.63, 3.8) is 0 Å². The number of allylic oxidation sites excluding steroid dienone is 2. The second kappa shape index (κ2) is 4.13. The van der Waals surface area contributed by atoms with E-state index in [4.69, 9.17) is 0 Å². The lowest BCUT2D eigenvalue weighted by molar-refractivity contribution is 0.411. The van der Waals surface area contributed by atoms with Crippen molar-refractivity contribution in [3.8, 4) is 0 Å². The molecule has 0 nitrogen and oxygen atoms in total. The Bertz CT molecular complexity index is 371. The van der Waals surface area contributed by atoms with Gasteiger partial charge in [-0.2, -0.15) is 0 Å². The van der Waals surface area contributed by atoms with E-state index >= 15 is 0 Å². The van der Waals surface area contributed by atoms with Gasteiger partial charge in [-0.3, -0.25) is 0 Å². The molecule has 15 heavy (non-hydrogen) atoms. The van der Waals surface area contributed by atoms with Crippen LogP contribution >= 0.6 is 15.9 Å². The molecule has 1 aromatic carbocycles. The van der Waals surface area contributed by atoms with E-state index in [1.54, 1.807) is 0 Å². The SMILES string of the molecule is CC1(C)C=C(c2ccc(Br)cc2)CCC1. The van der Waals surface area contributed by atoms with Gasteiger partial charge in [-0.25, -0.2) is 0 Å². The summed E-state index contributed by atoms with van der Waals surface area (Å²) in [5.74, 6) is 0. The van der Waals surface area contributed by atoms with E-state index < -0.39 is 0 Å². The molecule has 0 spiro atoms. The van der Waals surface area contributed by atoms with Crippen LogP contribution in [0.5, 0.6) is 0 Å². The van der Waals surface area contributed by atoms with Crippen molar-refractivity contribution in [2.45, 2.75) is 33.1 Å². The van der Waals surface area contributed by atoms with Crippen molar-refractivity contribution < 1.29 is 0 Å². The Balaban J connectivity index is 2.31. The van der Waals surface area contributed by atoms with Gasteiger partial charge in [0.05, 0.1) is 0 Å². The lowest BCUT2D eigenvalue weighted by Crippen LogP contribution is -2.12. The predicted molar refractivity (Wildman–Crippen MR) is 69.8 cm³/mol. The molecule has 0 saturated carbocycles. The Morgan fingerprint density at radius 2 is 1.80 bits per heavy atom. The maximum absolute atomic E-state index is 3.47. The van der Waals surface area contributed by atoms with E-state index in [9.17, 15) is 0 Å². The lowest BCUT2D eigenvalue weighted by Gasteiger charge is -2.27. The van der Waals surface area contributed by atoms with Crippen LogP contribution in [-0.4, -0.2) is 0 Å². The zero-order valence-corrected chi connectivity index (χ0v) is 11.0. The van der Waals surface area contributed by atoms with Gasteiger partial charge in [0.25, 0.3) is 0 Å². The molecule has 1 aliphatic carbocycles. The summed E-state index contributed by atoms with van der Waals surface area (Å²) in [5.41, 5.74) is 3.27. The topological polar surface area (TPSA) is 0 Å². The third-order valence-electron chi connectivity index (χ3n) is 3.05. The van der Waals surface area contributed by atoms with Crippen molar-refractivity contribution in [1.82, 2.24) is 0 Å². The Morgan fingerprint density at radius 3 is 2.40 bits per heavy atom. The average Bonchev–Trinajstić information content (AvgIpc) is 2.17. The normalized spacial score (nSPS) is 19.8. The van der Waals surface area contributed by atoms with Crippen molar-refractivity contribution in [2.75, 3.05) is 0 Å². The first-order chi connectivity index (χ1) is 7.07. The molecule has 0 bridgehead atoms. The van der Waals surface area contributed by atoms with Crippen LogP contribution < -0.4 is 0 Å². The number of benzene rings is 1. The summed E-state index contributed by atoms with van der Waals surface area (Å²) in [4.78, 5) is 0. The molecular formula is C14H17Br. The van der Waals surface area contributed by atoms with E-state index in [-0.39, 0.29) is 0 Å². The van der Waals surface area contributed by atoms with Gasteiger partial charge in [0.15, 0.2) is 0 Å². The molecule has 0 fully saturated rings. The minimum Gasteiger partial charge on any atom is -0.0750 e. The van der Waals surface area contributed by atoms with Crippen LogP contribution in [0, 0.1) is 5.41 Å². The van der Waals surface area contributed by atoms with Crippen molar-refractivity contribution >= 4 is 21.5 Å². The van der Waals surface area contributed by atoms with Crippen LogP contribution in [0.25, 0.3) is 5.57 Å². The largest absolute Gasteiger partial charge is 0.0750 e. The minimum absolute atomic E-state index is 0.376. The molecule has 1 aliphatic rings. The lowest BCUT2D eigenvalue weighted by atomic mass is 9.78. The molecule has 0 saturated heterocycles. The first kappa shape index (κ1) is 10.9. The summed E-state index contributed by atoms with van der Waals surface area (Å²) in [7, 11) is 0. The monoisotopic (exact) mass is 264 g/mol. The second-order valence-electron chi connectivity index (χ2n) is 5.02. The number of hydrogen-bond acceptors (Lipinski definition) is 0. The first-order valence-corrected chi connectivity index (χ1v) is 6.34. The van der Waals surface area contributed by atoms with E-state index in [0.29, 0.717) is 5.41 Å². The fraction of sp³-hybridized carbons (Fsp3) is 0.429.